The van der Waals surface area contributed by atoms with Gasteiger partial charge in [-0.25, -0.2) is 0 Å². The second kappa shape index (κ2) is 10.5. The number of benzene rings is 2. The molecule has 0 N–H and O–H groups in total. The van der Waals surface area contributed by atoms with Crippen LogP contribution in [0.25, 0.3) is 21.9 Å². The fraction of sp³-hybridized carbons (Fsp3) is 0.333. The van der Waals surface area contributed by atoms with Gasteiger partial charge in [0.15, 0.2) is 5.82 Å². The fourth-order valence-corrected chi connectivity index (χ4v) is 5.67. The van der Waals surface area contributed by atoms with Crippen molar-refractivity contribution in [3.05, 3.63) is 67.4 Å². The lowest BCUT2D eigenvalue weighted by Crippen LogP contribution is -2.33. The van der Waals surface area contributed by atoms with Crippen molar-refractivity contribution in [2.45, 2.75) is 46.0 Å². The Morgan fingerprint density at radius 3 is 2.50 bits per heavy atom. The molecular formula is C27H27BrN4O3S. The Bertz CT molecular complexity index is 1530. The number of carbonyl (C=O) groups excluding carboxylic acids is 1. The Balaban J connectivity index is 1.50. The van der Waals surface area contributed by atoms with Crippen LogP contribution in [0, 0.1) is 0 Å². The summed E-state index contributed by atoms with van der Waals surface area (Å²) >= 11 is 4.71. The molecule has 5 rings (SSSR count). The van der Waals surface area contributed by atoms with E-state index in [2.05, 4.69) is 39.9 Å². The van der Waals surface area contributed by atoms with Gasteiger partial charge in [0, 0.05) is 22.1 Å². The van der Waals surface area contributed by atoms with E-state index in [0.29, 0.717) is 34.0 Å². The molecular weight excluding hydrogens is 540 g/mol. The summed E-state index contributed by atoms with van der Waals surface area (Å²) in [6.07, 6.45) is 5.20. The minimum Gasteiger partial charge on any atom is -0.494 e. The van der Waals surface area contributed by atoms with Gasteiger partial charge in [-0.05, 0) is 55.3 Å². The van der Waals surface area contributed by atoms with Crippen molar-refractivity contribution in [2.75, 3.05) is 18.1 Å². The summed E-state index contributed by atoms with van der Waals surface area (Å²) in [5.74, 6) is 1.13. The van der Waals surface area contributed by atoms with Crippen LogP contribution < -0.4 is 19.7 Å². The summed E-state index contributed by atoms with van der Waals surface area (Å²) in [5, 5.41) is 4.47. The Hall–Kier alpha value is -3.04. The van der Waals surface area contributed by atoms with Crippen LogP contribution in [0.4, 0.5) is 5.69 Å². The molecule has 0 saturated carbocycles. The summed E-state index contributed by atoms with van der Waals surface area (Å²) in [4.78, 5) is 33.7. The molecule has 2 aromatic heterocycles. The van der Waals surface area contributed by atoms with E-state index in [-0.39, 0.29) is 11.5 Å². The molecule has 0 saturated heterocycles. The highest BCUT2D eigenvalue weighted by molar-refractivity contribution is 9.10. The Kier molecular flexibility index (Phi) is 7.20. The van der Waals surface area contributed by atoms with Gasteiger partial charge in [-0.1, -0.05) is 60.4 Å². The Morgan fingerprint density at radius 2 is 1.78 bits per heavy atom. The zero-order valence-electron chi connectivity index (χ0n) is 20.3. The Labute approximate surface area is 221 Å². The summed E-state index contributed by atoms with van der Waals surface area (Å²) in [5.41, 5.74) is 2.51. The molecule has 1 aliphatic heterocycles. The summed E-state index contributed by atoms with van der Waals surface area (Å²) < 4.78 is 8.31. The minimum absolute atomic E-state index is 0.145. The van der Waals surface area contributed by atoms with E-state index in [0.717, 1.165) is 59.1 Å². The number of nitrogens with zero attached hydrogens (tertiary/aromatic N) is 4. The SMILES string of the molecule is CCCCCOc1ccc(-c2nc3s/c(=C4\C(=O)N(CCCC)c5ccc(Br)cc54)c(=O)n3n2)cc1. The number of amides is 1. The molecule has 0 spiro atoms. The zero-order valence-corrected chi connectivity index (χ0v) is 22.7. The molecule has 1 amide bonds. The monoisotopic (exact) mass is 566 g/mol. The van der Waals surface area contributed by atoms with Gasteiger partial charge >= 0.3 is 0 Å². The highest BCUT2D eigenvalue weighted by atomic mass is 79.9. The van der Waals surface area contributed by atoms with Crippen molar-refractivity contribution in [3.8, 4) is 17.1 Å². The maximum absolute atomic E-state index is 13.4. The molecule has 7 nitrogen and oxygen atoms in total. The first-order valence-electron chi connectivity index (χ1n) is 12.3. The van der Waals surface area contributed by atoms with E-state index in [1.165, 1.54) is 15.9 Å². The van der Waals surface area contributed by atoms with Gasteiger partial charge < -0.3 is 9.64 Å². The van der Waals surface area contributed by atoms with E-state index in [4.69, 9.17) is 4.74 Å². The van der Waals surface area contributed by atoms with Crippen molar-refractivity contribution < 1.29 is 9.53 Å². The normalized spacial score (nSPS) is 14.6. The lowest BCUT2D eigenvalue weighted by molar-refractivity contribution is -0.113. The largest absolute Gasteiger partial charge is 0.494 e. The van der Waals surface area contributed by atoms with Gasteiger partial charge in [0.25, 0.3) is 11.5 Å². The number of aromatic nitrogens is 3. The first-order chi connectivity index (χ1) is 17.5. The van der Waals surface area contributed by atoms with Crippen LogP contribution >= 0.6 is 27.3 Å². The third kappa shape index (κ3) is 4.57. The molecule has 0 radical (unpaired) electrons. The van der Waals surface area contributed by atoms with Crippen LogP contribution in [0.2, 0.25) is 0 Å². The van der Waals surface area contributed by atoms with Crippen molar-refractivity contribution in [3.63, 3.8) is 0 Å². The summed E-state index contributed by atoms with van der Waals surface area (Å²) in [7, 11) is 0. The average Bonchev–Trinajstić information content (AvgIpc) is 3.51. The fourth-order valence-electron chi connectivity index (χ4n) is 4.31. The van der Waals surface area contributed by atoms with Gasteiger partial charge in [0.1, 0.15) is 10.3 Å². The maximum Gasteiger partial charge on any atom is 0.291 e. The molecule has 0 unspecified atom stereocenters. The molecule has 4 aromatic rings. The van der Waals surface area contributed by atoms with Crippen molar-refractivity contribution in [1.82, 2.24) is 14.6 Å². The number of rotatable bonds is 9. The number of hydrogen-bond acceptors (Lipinski definition) is 6. The Morgan fingerprint density at radius 1 is 1.00 bits per heavy atom. The second-order valence-corrected chi connectivity index (χ2v) is 10.7. The van der Waals surface area contributed by atoms with Crippen molar-refractivity contribution in [1.29, 1.82) is 0 Å². The van der Waals surface area contributed by atoms with Crippen LogP contribution in [0.15, 0.2) is 51.7 Å². The highest BCUT2D eigenvalue weighted by Crippen LogP contribution is 2.37. The van der Waals surface area contributed by atoms with Gasteiger partial charge in [-0.2, -0.15) is 9.50 Å². The van der Waals surface area contributed by atoms with Crippen LogP contribution in [-0.2, 0) is 4.79 Å². The van der Waals surface area contributed by atoms with Crippen LogP contribution in [-0.4, -0.2) is 33.7 Å². The van der Waals surface area contributed by atoms with Gasteiger partial charge in [0.05, 0.1) is 17.9 Å². The number of fused-ring (bicyclic) bond motifs is 2. The first kappa shape index (κ1) is 24.6. The topological polar surface area (TPSA) is 76.8 Å². The smallest absolute Gasteiger partial charge is 0.291 e. The number of unbranched alkanes of at least 4 members (excludes halogenated alkanes) is 3. The average molecular weight is 568 g/mol. The summed E-state index contributed by atoms with van der Waals surface area (Å²) in [6, 6.07) is 13.3. The van der Waals surface area contributed by atoms with Gasteiger partial charge in [-0.3, -0.25) is 9.59 Å². The van der Waals surface area contributed by atoms with Crippen LogP contribution in [0.1, 0.15) is 51.5 Å². The molecule has 0 fully saturated rings. The number of hydrogen-bond donors (Lipinski definition) is 0. The number of anilines is 1. The highest BCUT2D eigenvalue weighted by Gasteiger charge is 2.34. The summed E-state index contributed by atoms with van der Waals surface area (Å²) in [6.45, 7) is 5.57. The number of thiazole rings is 1. The predicted molar refractivity (Wildman–Crippen MR) is 147 cm³/mol. The second-order valence-electron chi connectivity index (χ2n) is 8.79. The van der Waals surface area contributed by atoms with E-state index < -0.39 is 0 Å². The molecule has 3 heterocycles. The van der Waals surface area contributed by atoms with Crippen LogP contribution in [0.5, 0.6) is 5.75 Å². The van der Waals surface area contributed by atoms with E-state index in [9.17, 15) is 9.59 Å². The molecule has 1 aliphatic rings. The number of carbonyl (C=O) groups is 1. The number of ether oxygens (including phenoxy) is 1. The standard InChI is InChI=1S/C27H27BrN4O3S/c1-3-5-7-15-35-19-11-8-17(9-12-19)24-29-27-32(30-24)26(34)23(36-27)22-20-16-18(28)10-13-21(20)31(25(22)33)14-6-4-2/h8-13,16H,3-7,14-15H2,1-2H3/b23-22-. The molecule has 2 aromatic carbocycles. The quantitative estimate of drug-likeness (QED) is 0.260. The molecule has 0 atom stereocenters. The molecule has 36 heavy (non-hydrogen) atoms. The van der Waals surface area contributed by atoms with Gasteiger partial charge in [-0.15, -0.1) is 5.10 Å². The van der Waals surface area contributed by atoms with E-state index in [1.54, 1.807) is 4.90 Å². The lowest BCUT2D eigenvalue weighted by atomic mass is 10.1. The minimum atomic E-state index is -0.323. The predicted octanol–water partition coefficient (Wildman–Crippen LogP) is 5.21. The van der Waals surface area contributed by atoms with Crippen LogP contribution in [0.3, 0.4) is 0 Å². The first-order valence-corrected chi connectivity index (χ1v) is 13.9. The molecule has 0 aliphatic carbocycles. The van der Waals surface area contributed by atoms with Gasteiger partial charge in [0.2, 0.25) is 4.96 Å². The third-order valence-corrected chi connectivity index (χ3v) is 7.75. The number of halogens is 1. The maximum atomic E-state index is 13.4. The third-order valence-electron chi connectivity index (χ3n) is 6.23. The van der Waals surface area contributed by atoms with E-state index >= 15 is 0 Å². The molecule has 9 heteroatoms. The van der Waals surface area contributed by atoms with E-state index in [1.807, 2.05) is 42.5 Å². The molecule has 186 valence electrons. The zero-order chi connectivity index (χ0) is 25.2. The van der Waals surface area contributed by atoms with Crippen molar-refractivity contribution >= 4 is 49.4 Å². The van der Waals surface area contributed by atoms with Crippen molar-refractivity contribution in [2.24, 2.45) is 0 Å². The molecule has 0 bridgehead atoms. The lowest BCUT2D eigenvalue weighted by Gasteiger charge is -2.16.